The van der Waals surface area contributed by atoms with Crippen molar-refractivity contribution in [1.29, 1.82) is 0 Å². The summed E-state index contributed by atoms with van der Waals surface area (Å²) in [5.41, 5.74) is -0.00602. The second-order valence-electron chi connectivity index (χ2n) is 2.22. The van der Waals surface area contributed by atoms with E-state index in [1.807, 2.05) is 0 Å². The summed E-state index contributed by atoms with van der Waals surface area (Å²) in [7, 11) is 0. The maximum Gasteiger partial charge on any atom is 0.276 e. The third-order valence-electron chi connectivity index (χ3n) is 1.40. The van der Waals surface area contributed by atoms with Gasteiger partial charge in [-0.15, -0.1) is 0 Å². The van der Waals surface area contributed by atoms with E-state index < -0.39 is 11.6 Å². The number of benzene rings is 1. The molecule has 0 atom stereocenters. The second-order valence-corrected chi connectivity index (χ2v) is 2.22. The van der Waals surface area contributed by atoms with Crippen molar-refractivity contribution in [1.82, 2.24) is 0 Å². The van der Waals surface area contributed by atoms with Crippen LogP contribution < -0.4 is 0 Å². The number of carbonyl (C=O) groups excluding carboxylic acids is 1. The summed E-state index contributed by atoms with van der Waals surface area (Å²) in [5, 5.41) is 0. The molecule has 0 unspecified atom stereocenters. The highest BCUT2D eigenvalue weighted by Crippen LogP contribution is 2.06. The molecule has 2 nitrogen and oxygen atoms in total. The normalized spacial score (nSPS) is 9.00. The van der Waals surface area contributed by atoms with E-state index in [2.05, 4.69) is 4.85 Å². The molecule has 0 spiro atoms. The molecular formula is C9H6FNO. The van der Waals surface area contributed by atoms with E-state index in [0.29, 0.717) is 0 Å². The number of ketones is 1. The van der Waals surface area contributed by atoms with Gasteiger partial charge in [0.25, 0.3) is 6.54 Å². The summed E-state index contributed by atoms with van der Waals surface area (Å²) in [6.07, 6.45) is 0. The molecule has 0 fully saturated rings. The van der Waals surface area contributed by atoms with Crippen molar-refractivity contribution in [3.63, 3.8) is 0 Å². The Morgan fingerprint density at radius 3 is 2.75 bits per heavy atom. The number of hydrogen-bond acceptors (Lipinski definition) is 1. The van der Waals surface area contributed by atoms with Crippen LogP contribution in [-0.2, 0) is 0 Å². The van der Waals surface area contributed by atoms with Gasteiger partial charge in [0.05, 0.1) is 5.56 Å². The molecule has 1 aromatic rings. The van der Waals surface area contributed by atoms with E-state index in [9.17, 15) is 9.18 Å². The fourth-order valence-electron chi connectivity index (χ4n) is 0.844. The van der Waals surface area contributed by atoms with Gasteiger partial charge < -0.3 is 4.85 Å². The minimum absolute atomic E-state index is 0.00602. The van der Waals surface area contributed by atoms with Gasteiger partial charge in [-0.3, -0.25) is 4.79 Å². The standard InChI is InChI=1S/C9H6FNO/c1-11-6-9(12)7-4-2-3-5-8(7)10/h2-5H,6H2. The number of Topliss-reactive ketones (excluding diaryl/α,β-unsaturated/α-hetero) is 1. The number of carbonyl (C=O) groups is 1. The zero-order valence-electron chi connectivity index (χ0n) is 6.25. The molecule has 0 heterocycles. The van der Waals surface area contributed by atoms with Crippen molar-refractivity contribution < 1.29 is 9.18 Å². The van der Waals surface area contributed by atoms with Crippen LogP contribution in [0.1, 0.15) is 10.4 Å². The molecule has 12 heavy (non-hydrogen) atoms. The fourth-order valence-corrected chi connectivity index (χ4v) is 0.844. The van der Waals surface area contributed by atoms with Gasteiger partial charge in [0.2, 0.25) is 5.78 Å². The smallest absolute Gasteiger partial charge is 0.276 e. The van der Waals surface area contributed by atoms with Crippen LogP contribution in [0.25, 0.3) is 4.85 Å². The van der Waals surface area contributed by atoms with Crippen molar-refractivity contribution >= 4 is 5.78 Å². The molecule has 0 saturated heterocycles. The molecule has 1 rings (SSSR count). The lowest BCUT2D eigenvalue weighted by Gasteiger charge is -1.94. The summed E-state index contributed by atoms with van der Waals surface area (Å²) in [6, 6.07) is 5.66. The molecule has 0 amide bonds. The molecule has 0 aliphatic carbocycles. The van der Waals surface area contributed by atoms with Crippen molar-refractivity contribution in [3.05, 3.63) is 47.1 Å². The Balaban J connectivity index is 2.97. The molecule has 0 saturated carbocycles. The maximum atomic E-state index is 12.8. The van der Waals surface area contributed by atoms with Crippen LogP contribution in [0.4, 0.5) is 4.39 Å². The number of rotatable bonds is 2. The van der Waals surface area contributed by atoms with E-state index in [4.69, 9.17) is 6.57 Å². The highest BCUT2D eigenvalue weighted by molar-refractivity contribution is 5.98. The Kier molecular flexibility index (Phi) is 2.54. The molecule has 0 aliphatic rings. The Bertz CT molecular complexity index is 341. The first kappa shape index (κ1) is 8.41. The van der Waals surface area contributed by atoms with Gasteiger partial charge in [0, 0.05) is 0 Å². The van der Waals surface area contributed by atoms with E-state index in [0.717, 1.165) is 0 Å². The molecule has 0 aliphatic heterocycles. The quantitative estimate of drug-likeness (QED) is 0.482. The van der Waals surface area contributed by atoms with Crippen LogP contribution in [0, 0.1) is 12.4 Å². The van der Waals surface area contributed by atoms with Gasteiger partial charge in [0.1, 0.15) is 5.82 Å². The van der Waals surface area contributed by atoms with Crippen LogP contribution in [0.15, 0.2) is 24.3 Å². The van der Waals surface area contributed by atoms with Gasteiger partial charge in [-0.1, -0.05) is 12.1 Å². The third-order valence-corrected chi connectivity index (χ3v) is 1.40. The predicted molar refractivity (Wildman–Crippen MR) is 42.2 cm³/mol. The van der Waals surface area contributed by atoms with Gasteiger partial charge >= 0.3 is 0 Å². The van der Waals surface area contributed by atoms with Crippen LogP contribution >= 0.6 is 0 Å². The summed E-state index contributed by atoms with van der Waals surface area (Å²) < 4.78 is 12.8. The molecule has 0 bridgehead atoms. The SMILES string of the molecule is [C-]#[N+]CC(=O)c1ccccc1F. The monoisotopic (exact) mass is 163 g/mol. The number of halogens is 1. The molecule has 1 aromatic carbocycles. The van der Waals surface area contributed by atoms with Crippen LogP contribution in [-0.4, -0.2) is 12.3 Å². The van der Waals surface area contributed by atoms with Gasteiger partial charge in [-0.05, 0) is 12.1 Å². The predicted octanol–water partition coefficient (Wildman–Crippen LogP) is 1.93. The van der Waals surface area contributed by atoms with E-state index in [-0.39, 0.29) is 12.1 Å². The van der Waals surface area contributed by atoms with Gasteiger partial charge in [-0.2, -0.15) is 0 Å². The Labute approximate surface area is 69.5 Å². The summed E-state index contributed by atoms with van der Waals surface area (Å²) >= 11 is 0. The molecule has 0 radical (unpaired) electrons. The molecule has 0 N–H and O–H groups in total. The molecule has 60 valence electrons. The van der Waals surface area contributed by atoms with Crippen molar-refractivity contribution in [3.8, 4) is 0 Å². The molecule has 0 aromatic heterocycles. The molecule has 3 heteroatoms. The minimum atomic E-state index is -0.564. The lowest BCUT2D eigenvalue weighted by atomic mass is 10.1. The van der Waals surface area contributed by atoms with Gasteiger partial charge in [-0.25, -0.2) is 11.0 Å². The highest BCUT2D eigenvalue weighted by atomic mass is 19.1. The topological polar surface area (TPSA) is 21.4 Å². The van der Waals surface area contributed by atoms with Crippen molar-refractivity contribution in [2.24, 2.45) is 0 Å². The van der Waals surface area contributed by atoms with E-state index in [1.54, 1.807) is 6.07 Å². The van der Waals surface area contributed by atoms with Gasteiger partial charge in [0.15, 0.2) is 0 Å². The molecular weight excluding hydrogens is 157 g/mol. The summed E-state index contributed by atoms with van der Waals surface area (Å²) in [4.78, 5) is 13.9. The minimum Gasteiger partial charge on any atom is -0.308 e. The second kappa shape index (κ2) is 3.63. The lowest BCUT2D eigenvalue weighted by Crippen LogP contribution is -2.04. The van der Waals surface area contributed by atoms with E-state index in [1.165, 1.54) is 18.2 Å². The van der Waals surface area contributed by atoms with E-state index >= 15 is 0 Å². The summed E-state index contributed by atoms with van der Waals surface area (Å²) in [5.74, 6) is -1.03. The third kappa shape index (κ3) is 1.67. The first-order chi connectivity index (χ1) is 5.75. The largest absolute Gasteiger partial charge is 0.308 e. The number of hydrogen-bond donors (Lipinski definition) is 0. The van der Waals surface area contributed by atoms with Crippen LogP contribution in [0.5, 0.6) is 0 Å². The zero-order chi connectivity index (χ0) is 8.97. The average Bonchev–Trinajstić information content (AvgIpc) is 2.05. The Morgan fingerprint density at radius 2 is 2.17 bits per heavy atom. The summed E-state index contributed by atoms with van der Waals surface area (Å²) in [6.45, 7) is 6.14. The first-order valence-corrected chi connectivity index (χ1v) is 3.36. The van der Waals surface area contributed by atoms with Crippen molar-refractivity contribution in [2.45, 2.75) is 0 Å². The Hall–Kier alpha value is -1.69. The van der Waals surface area contributed by atoms with Crippen molar-refractivity contribution in [2.75, 3.05) is 6.54 Å². The maximum absolute atomic E-state index is 12.8. The lowest BCUT2D eigenvalue weighted by molar-refractivity contribution is 0.101. The average molecular weight is 163 g/mol. The highest BCUT2D eigenvalue weighted by Gasteiger charge is 2.12. The fraction of sp³-hybridized carbons (Fsp3) is 0.111. The van der Waals surface area contributed by atoms with Crippen LogP contribution in [0.2, 0.25) is 0 Å². The zero-order valence-corrected chi connectivity index (χ0v) is 6.25. The number of nitrogens with zero attached hydrogens (tertiary/aromatic N) is 1. The van der Waals surface area contributed by atoms with Crippen LogP contribution in [0.3, 0.4) is 0 Å². The first-order valence-electron chi connectivity index (χ1n) is 3.36. The Morgan fingerprint density at radius 1 is 1.50 bits per heavy atom.